The number of aromatic hydroxyl groups is 1. The fraction of sp³-hybridized carbons (Fsp3) is 0.0625. The second-order valence-corrected chi connectivity index (χ2v) is 5.23. The van der Waals surface area contributed by atoms with Crippen LogP contribution in [0.25, 0.3) is 22.3 Å². The normalized spacial score (nSPS) is 11.8. The van der Waals surface area contributed by atoms with Crippen LogP contribution in [0.3, 0.4) is 0 Å². The quantitative estimate of drug-likeness (QED) is 0.689. The Bertz CT molecular complexity index is 961. The van der Waals surface area contributed by atoms with E-state index in [-0.39, 0.29) is 32.7 Å². The zero-order chi connectivity index (χ0) is 16.8. The Morgan fingerprint density at radius 1 is 1.09 bits per heavy atom. The van der Waals surface area contributed by atoms with Crippen molar-refractivity contribution < 1.29 is 22.7 Å². The van der Waals surface area contributed by atoms with E-state index >= 15 is 0 Å². The van der Waals surface area contributed by atoms with Gasteiger partial charge in [0.15, 0.2) is 11.0 Å². The number of hydrogen-bond acceptors (Lipinski definition) is 3. The topological polar surface area (TPSA) is 50.4 Å². The Hall–Kier alpha value is -2.47. The predicted octanol–water partition coefficient (Wildman–Crippen LogP) is 4.84. The molecule has 1 N–H and O–H groups in total. The van der Waals surface area contributed by atoms with Gasteiger partial charge in [0.1, 0.15) is 11.5 Å². The van der Waals surface area contributed by atoms with Gasteiger partial charge in [0.2, 0.25) is 0 Å². The van der Waals surface area contributed by atoms with Crippen molar-refractivity contribution >= 4 is 22.6 Å². The summed E-state index contributed by atoms with van der Waals surface area (Å²) in [6, 6.07) is 8.52. The second kappa shape index (κ2) is 5.31. The summed E-state index contributed by atoms with van der Waals surface area (Å²) in [7, 11) is 0. The summed E-state index contributed by atoms with van der Waals surface area (Å²) in [5.74, 6) is -0.934. The number of phenolic OH excluding ortho intramolecular Hbond substituents is 1. The van der Waals surface area contributed by atoms with E-state index in [1.165, 1.54) is 12.1 Å². The van der Waals surface area contributed by atoms with Crippen LogP contribution < -0.4 is 5.43 Å². The SMILES string of the molecule is O=c1cc(-c2ccc(C(F)(F)F)c(O)c2)oc2c(Cl)cccc12. The van der Waals surface area contributed by atoms with Gasteiger partial charge in [-0.1, -0.05) is 23.7 Å². The molecule has 0 bridgehead atoms. The van der Waals surface area contributed by atoms with Crippen molar-refractivity contribution in [2.75, 3.05) is 0 Å². The highest BCUT2D eigenvalue weighted by Crippen LogP contribution is 2.38. The van der Waals surface area contributed by atoms with E-state index in [0.717, 1.165) is 24.3 Å². The third-order valence-corrected chi connectivity index (χ3v) is 3.59. The average molecular weight is 341 g/mol. The van der Waals surface area contributed by atoms with Crippen LogP contribution in [0.15, 0.2) is 51.7 Å². The lowest BCUT2D eigenvalue weighted by atomic mass is 10.1. The molecule has 2 aromatic carbocycles. The number of benzene rings is 2. The highest BCUT2D eigenvalue weighted by Gasteiger charge is 2.33. The molecule has 0 amide bonds. The number of hydrogen-bond donors (Lipinski definition) is 1. The number of alkyl halides is 3. The molecule has 3 nitrogen and oxygen atoms in total. The van der Waals surface area contributed by atoms with Crippen LogP contribution >= 0.6 is 11.6 Å². The molecule has 0 aliphatic heterocycles. The fourth-order valence-electron chi connectivity index (χ4n) is 2.21. The Labute approximate surface area is 132 Å². The van der Waals surface area contributed by atoms with E-state index in [0.29, 0.717) is 0 Å². The van der Waals surface area contributed by atoms with Crippen LogP contribution in [0.1, 0.15) is 5.56 Å². The summed E-state index contributed by atoms with van der Waals surface area (Å²) in [5, 5.41) is 10.0. The van der Waals surface area contributed by atoms with E-state index in [9.17, 15) is 23.1 Å². The average Bonchev–Trinajstić information content (AvgIpc) is 2.46. The minimum Gasteiger partial charge on any atom is -0.507 e. The molecule has 0 atom stereocenters. The van der Waals surface area contributed by atoms with Gasteiger partial charge in [-0.2, -0.15) is 13.2 Å². The molecule has 0 saturated carbocycles. The molecule has 23 heavy (non-hydrogen) atoms. The standard InChI is InChI=1S/C16H8ClF3O3/c17-11-3-1-2-9-12(21)7-14(23-15(9)11)8-4-5-10(13(22)6-8)16(18,19)20/h1-7,22H. The van der Waals surface area contributed by atoms with E-state index < -0.39 is 17.5 Å². The lowest BCUT2D eigenvalue weighted by Gasteiger charge is -2.10. The summed E-state index contributed by atoms with van der Waals surface area (Å²) < 4.78 is 43.5. The summed E-state index contributed by atoms with van der Waals surface area (Å²) in [4.78, 5) is 12.1. The smallest absolute Gasteiger partial charge is 0.419 e. The highest BCUT2D eigenvalue weighted by molar-refractivity contribution is 6.34. The maximum Gasteiger partial charge on any atom is 0.419 e. The van der Waals surface area contributed by atoms with Crippen molar-refractivity contribution in [3.63, 3.8) is 0 Å². The van der Waals surface area contributed by atoms with E-state index in [1.54, 1.807) is 6.07 Å². The van der Waals surface area contributed by atoms with Gasteiger partial charge in [-0.15, -0.1) is 0 Å². The van der Waals surface area contributed by atoms with Gasteiger partial charge >= 0.3 is 6.18 Å². The molecule has 7 heteroatoms. The molecule has 0 spiro atoms. The lowest BCUT2D eigenvalue weighted by molar-refractivity contribution is -0.138. The van der Waals surface area contributed by atoms with Crippen LogP contribution in [0.2, 0.25) is 5.02 Å². The molecule has 0 fully saturated rings. The number of fused-ring (bicyclic) bond motifs is 1. The third kappa shape index (κ3) is 2.77. The van der Waals surface area contributed by atoms with Gasteiger partial charge in [0.05, 0.1) is 16.0 Å². The van der Waals surface area contributed by atoms with Crippen LogP contribution in [0, 0.1) is 0 Å². The molecule has 3 rings (SSSR count). The van der Waals surface area contributed by atoms with E-state index in [4.69, 9.17) is 16.0 Å². The number of phenols is 1. The number of para-hydroxylation sites is 1. The largest absolute Gasteiger partial charge is 0.507 e. The number of rotatable bonds is 1. The van der Waals surface area contributed by atoms with Crippen molar-refractivity contribution in [2.24, 2.45) is 0 Å². The Balaban J connectivity index is 2.20. The van der Waals surface area contributed by atoms with Crippen LogP contribution in [-0.4, -0.2) is 5.11 Å². The predicted molar refractivity (Wildman–Crippen MR) is 79.6 cm³/mol. The van der Waals surface area contributed by atoms with E-state index in [1.807, 2.05) is 0 Å². The molecular weight excluding hydrogens is 333 g/mol. The Morgan fingerprint density at radius 3 is 2.48 bits per heavy atom. The Kier molecular flexibility index (Phi) is 3.56. The molecule has 0 aliphatic rings. The summed E-state index contributed by atoms with van der Waals surface area (Å²) in [6.07, 6.45) is -4.67. The summed E-state index contributed by atoms with van der Waals surface area (Å²) >= 11 is 5.97. The molecular formula is C16H8ClF3O3. The summed E-state index contributed by atoms with van der Waals surface area (Å²) in [6.45, 7) is 0. The second-order valence-electron chi connectivity index (χ2n) is 4.82. The molecule has 0 radical (unpaired) electrons. The third-order valence-electron chi connectivity index (χ3n) is 3.29. The fourth-order valence-corrected chi connectivity index (χ4v) is 2.42. The van der Waals surface area contributed by atoms with Gasteiger partial charge in [-0.25, -0.2) is 0 Å². The van der Waals surface area contributed by atoms with Gasteiger partial charge in [0.25, 0.3) is 0 Å². The van der Waals surface area contributed by atoms with Crippen molar-refractivity contribution in [3.8, 4) is 17.1 Å². The van der Waals surface area contributed by atoms with Crippen molar-refractivity contribution in [1.29, 1.82) is 0 Å². The minimum absolute atomic E-state index is 0.0135. The summed E-state index contributed by atoms with van der Waals surface area (Å²) in [5.41, 5.74) is -1.28. The maximum absolute atomic E-state index is 12.7. The van der Waals surface area contributed by atoms with Gasteiger partial charge in [-0.3, -0.25) is 4.79 Å². The first-order valence-electron chi connectivity index (χ1n) is 6.40. The van der Waals surface area contributed by atoms with Crippen molar-refractivity contribution in [2.45, 2.75) is 6.18 Å². The molecule has 1 heterocycles. The molecule has 118 valence electrons. The Morgan fingerprint density at radius 2 is 1.83 bits per heavy atom. The van der Waals surface area contributed by atoms with Crippen LogP contribution in [0.4, 0.5) is 13.2 Å². The van der Waals surface area contributed by atoms with Crippen molar-refractivity contribution in [1.82, 2.24) is 0 Å². The lowest BCUT2D eigenvalue weighted by Crippen LogP contribution is -2.05. The molecule has 0 unspecified atom stereocenters. The number of halogens is 4. The minimum atomic E-state index is -4.67. The van der Waals surface area contributed by atoms with Gasteiger partial charge in [0, 0.05) is 11.6 Å². The van der Waals surface area contributed by atoms with Gasteiger partial charge in [-0.05, 0) is 24.3 Å². The first-order chi connectivity index (χ1) is 10.8. The first-order valence-corrected chi connectivity index (χ1v) is 6.78. The monoisotopic (exact) mass is 340 g/mol. The van der Waals surface area contributed by atoms with Crippen molar-refractivity contribution in [3.05, 3.63) is 63.3 Å². The van der Waals surface area contributed by atoms with Gasteiger partial charge < -0.3 is 9.52 Å². The maximum atomic E-state index is 12.7. The molecule has 1 aromatic heterocycles. The molecule has 0 saturated heterocycles. The molecule has 3 aromatic rings. The zero-order valence-corrected chi connectivity index (χ0v) is 12.1. The molecule has 0 aliphatic carbocycles. The first kappa shape index (κ1) is 15.4. The highest BCUT2D eigenvalue weighted by atomic mass is 35.5. The zero-order valence-electron chi connectivity index (χ0n) is 11.3. The van der Waals surface area contributed by atoms with E-state index in [2.05, 4.69) is 0 Å². The van der Waals surface area contributed by atoms with Crippen LogP contribution in [0.5, 0.6) is 5.75 Å². The van der Waals surface area contributed by atoms with Crippen LogP contribution in [-0.2, 0) is 6.18 Å².